The number of aliphatic hydroxyl groups is 1. The second-order valence-corrected chi connectivity index (χ2v) is 11.4. The first kappa shape index (κ1) is 29.2. The molecule has 0 radical (unpaired) electrons. The number of carboxylic acid groups (broad SMARTS) is 1. The van der Waals surface area contributed by atoms with Gasteiger partial charge < -0.3 is 30.1 Å². The number of hydrogen-bond donors (Lipinski definition) is 4. The molecule has 2 aliphatic heterocycles. The van der Waals surface area contributed by atoms with Crippen LogP contribution in [-0.2, 0) is 24.2 Å². The number of phenolic OH excluding ortho intramolecular Hbond substituents is 2. The number of ether oxygens (including phenoxy) is 1. The zero-order valence-corrected chi connectivity index (χ0v) is 23.6. The minimum atomic E-state index is -1.15. The molecule has 4 rings (SSSR count). The number of carbonyl (C=O) groups is 2. The van der Waals surface area contributed by atoms with Gasteiger partial charge >= 0.3 is 5.97 Å². The third kappa shape index (κ3) is 6.17. The quantitative estimate of drug-likeness (QED) is 0.297. The molecule has 0 aromatic heterocycles. The SMILES string of the molecule is CC(C)=CCCC(C)=CCC[C@]1(C)Oc2c(c(O)cc3c2CN([C@@H](Cc2ccc(O)cc2)C(=O)O)C3=O)C[C@@H]1O. The van der Waals surface area contributed by atoms with E-state index < -0.39 is 29.6 Å². The number of aliphatic hydroxyl groups excluding tert-OH is 1. The number of hydrogen-bond acceptors (Lipinski definition) is 6. The van der Waals surface area contributed by atoms with Crippen LogP contribution in [0.4, 0.5) is 0 Å². The van der Waals surface area contributed by atoms with Crippen molar-refractivity contribution in [2.45, 2.75) is 90.5 Å². The number of allylic oxidation sites excluding steroid dienone is 4. The zero-order valence-electron chi connectivity index (χ0n) is 23.6. The molecule has 2 aromatic rings. The van der Waals surface area contributed by atoms with E-state index in [0.717, 1.165) is 12.8 Å². The minimum Gasteiger partial charge on any atom is -0.508 e. The molecule has 2 aliphatic rings. The lowest BCUT2D eigenvalue weighted by molar-refractivity contribution is -0.142. The molecule has 2 heterocycles. The predicted molar refractivity (Wildman–Crippen MR) is 152 cm³/mol. The van der Waals surface area contributed by atoms with Crippen molar-refractivity contribution in [2.24, 2.45) is 0 Å². The lowest BCUT2D eigenvalue weighted by Gasteiger charge is -2.41. The lowest BCUT2D eigenvalue weighted by Crippen LogP contribution is -2.49. The van der Waals surface area contributed by atoms with Gasteiger partial charge in [0.25, 0.3) is 5.91 Å². The zero-order chi connectivity index (χ0) is 29.2. The summed E-state index contributed by atoms with van der Waals surface area (Å²) in [7, 11) is 0. The van der Waals surface area contributed by atoms with Crippen molar-refractivity contribution in [3.63, 3.8) is 0 Å². The fraction of sp³-hybridized carbons (Fsp3) is 0.438. The van der Waals surface area contributed by atoms with Crippen molar-refractivity contribution in [2.75, 3.05) is 0 Å². The van der Waals surface area contributed by atoms with Crippen LogP contribution in [0.3, 0.4) is 0 Å². The highest BCUT2D eigenvalue weighted by Crippen LogP contribution is 2.46. The molecule has 0 saturated heterocycles. The van der Waals surface area contributed by atoms with E-state index in [9.17, 15) is 30.0 Å². The van der Waals surface area contributed by atoms with Crippen LogP contribution in [0.1, 0.15) is 80.4 Å². The normalized spacial score (nSPS) is 20.9. The number of fused-ring (bicyclic) bond motifs is 3. The second kappa shape index (κ2) is 11.8. The maximum absolute atomic E-state index is 13.4. The summed E-state index contributed by atoms with van der Waals surface area (Å²) in [5, 5.41) is 41.4. The first-order chi connectivity index (χ1) is 18.9. The number of nitrogens with zero attached hydrogens (tertiary/aromatic N) is 1. The van der Waals surface area contributed by atoms with Gasteiger partial charge in [-0.15, -0.1) is 0 Å². The molecule has 0 unspecified atom stereocenters. The van der Waals surface area contributed by atoms with E-state index in [1.54, 1.807) is 12.1 Å². The summed E-state index contributed by atoms with van der Waals surface area (Å²) in [6.45, 7) is 8.11. The molecular formula is C32H39NO7. The molecule has 214 valence electrons. The summed E-state index contributed by atoms with van der Waals surface area (Å²) in [4.78, 5) is 27.0. The number of rotatable bonds is 10. The fourth-order valence-corrected chi connectivity index (χ4v) is 5.46. The standard InChI is InChI=1S/C32H39NO7/c1-19(2)7-5-8-20(3)9-6-14-32(4)28(36)17-24-27(35)16-23-25(29(24)40-32)18-33(30(23)37)26(31(38)39)15-21-10-12-22(34)13-11-21/h7,9-13,16,26,28,34-36H,5-6,8,14-15,17-18H2,1-4H3,(H,38,39)/t26-,28-,32-/m0/s1. The van der Waals surface area contributed by atoms with Crippen LogP contribution in [0.2, 0.25) is 0 Å². The van der Waals surface area contributed by atoms with Crippen molar-refractivity contribution < 1.29 is 34.8 Å². The van der Waals surface area contributed by atoms with Crippen molar-refractivity contribution in [1.82, 2.24) is 4.90 Å². The Morgan fingerprint density at radius 2 is 1.82 bits per heavy atom. The van der Waals surface area contributed by atoms with E-state index in [-0.39, 0.29) is 36.4 Å². The van der Waals surface area contributed by atoms with Crippen molar-refractivity contribution in [1.29, 1.82) is 0 Å². The average molecular weight is 550 g/mol. The number of benzene rings is 2. The van der Waals surface area contributed by atoms with E-state index in [1.807, 2.05) is 6.92 Å². The van der Waals surface area contributed by atoms with Gasteiger partial charge in [-0.25, -0.2) is 4.79 Å². The van der Waals surface area contributed by atoms with E-state index >= 15 is 0 Å². The second-order valence-electron chi connectivity index (χ2n) is 11.4. The Balaban J connectivity index is 1.56. The van der Waals surface area contributed by atoms with Gasteiger partial charge in [0.05, 0.1) is 18.2 Å². The van der Waals surface area contributed by atoms with Gasteiger partial charge in [-0.2, -0.15) is 0 Å². The summed E-state index contributed by atoms with van der Waals surface area (Å²) < 4.78 is 6.42. The van der Waals surface area contributed by atoms with Gasteiger partial charge in [0.1, 0.15) is 28.9 Å². The number of aromatic hydroxyl groups is 2. The molecule has 8 nitrogen and oxygen atoms in total. The third-order valence-corrected chi connectivity index (χ3v) is 7.97. The molecule has 0 aliphatic carbocycles. The Kier molecular flexibility index (Phi) is 8.59. The summed E-state index contributed by atoms with van der Waals surface area (Å²) in [5.74, 6) is -1.37. The summed E-state index contributed by atoms with van der Waals surface area (Å²) in [5.41, 5.74) is 3.44. The monoisotopic (exact) mass is 549 g/mol. The highest BCUT2D eigenvalue weighted by Gasteiger charge is 2.45. The van der Waals surface area contributed by atoms with E-state index in [4.69, 9.17) is 4.74 Å². The van der Waals surface area contributed by atoms with Crippen LogP contribution >= 0.6 is 0 Å². The molecular weight excluding hydrogens is 510 g/mol. The Hall–Kier alpha value is -3.78. The van der Waals surface area contributed by atoms with E-state index in [2.05, 4.69) is 32.9 Å². The van der Waals surface area contributed by atoms with Crippen molar-refractivity contribution in [3.8, 4) is 17.2 Å². The number of aliphatic carboxylic acids is 1. The Bertz CT molecular complexity index is 1340. The first-order valence-electron chi connectivity index (χ1n) is 13.7. The largest absolute Gasteiger partial charge is 0.508 e. The number of amides is 1. The average Bonchev–Trinajstić information content (AvgIpc) is 3.20. The topological polar surface area (TPSA) is 128 Å². The molecule has 8 heteroatoms. The van der Waals surface area contributed by atoms with Gasteiger partial charge in [0, 0.05) is 24.0 Å². The van der Waals surface area contributed by atoms with Crippen molar-refractivity contribution >= 4 is 11.9 Å². The highest BCUT2D eigenvalue weighted by molar-refractivity contribution is 6.02. The number of carboxylic acids is 1. The molecule has 0 fully saturated rings. The molecule has 3 atom stereocenters. The Morgan fingerprint density at radius 1 is 1.12 bits per heavy atom. The molecule has 4 N–H and O–H groups in total. The van der Waals surface area contributed by atoms with Gasteiger partial charge in [-0.3, -0.25) is 4.79 Å². The van der Waals surface area contributed by atoms with Gasteiger partial charge in [0.15, 0.2) is 0 Å². The molecule has 40 heavy (non-hydrogen) atoms. The Labute approximate surface area is 235 Å². The molecule has 0 bridgehead atoms. The highest BCUT2D eigenvalue weighted by atomic mass is 16.5. The van der Waals surface area contributed by atoms with Crippen LogP contribution in [0, 0.1) is 0 Å². The van der Waals surface area contributed by atoms with E-state index in [1.165, 1.54) is 34.2 Å². The summed E-state index contributed by atoms with van der Waals surface area (Å²) in [6, 6.07) is 6.40. The first-order valence-corrected chi connectivity index (χ1v) is 13.7. The smallest absolute Gasteiger partial charge is 0.326 e. The number of carbonyl (C=O) groups excluding carboxylic acids is 1. The maximum Gasteiger partial charge on any atom is 0.326 e. The molecule has 0 spiro atoms. The Morgan fingerprint density at radius 3 is 2.48 bits per heavy atom. The lowest BCUT2D eigenvalue weighted by atomic mass is 9.84. The molecule has 0 saturated carbocycles. The molecule has 1 amide bonds. The fourth-order valence-electron chi connectivity index (χ4n) is 5.46. The molecule has 2 aromatic carbocycles. The predicted octanol–water partition coefficient (Wildman–Crippen LogP) is 5.28. The van der Waals surface area contributed by atoms with Gasteiger partial charge in [-0.05, 0) is 77.1 Å². The van der Waals surface area contributed by atoms with Crippen molar-refractivity contribution in [3.05, 3.63) is 75.9 Å². The summed E-state index contributed by atoms with van der Waals surface area (Å²) >= 11 is 0. The van der Waals surface area contributed by atoms with Crippen LogP contribution < -0.4 is 4.74 Å². The van der Waals surface area contributed by atoms with E-state index in [0.29, 0.717) is 35.3 Å². The minimum absolute atomic E-state index is 0.0153. The van der Waals surface area contributed by atoms with Gasteiger partial charge in [0.2, 0.25) is 0 Å². The third-order valence-electron chi connectivity index (χ3n) is 7.97. The number of phenols is 2. The van der Waals surface area contributed by atoms with Crippen LogP contribution in [-0.4, -0.2) is 54.9 Å². The maximum atomic E-state index is 13.4. The summed E-state index contributed by atoms with van der Waals surface area (Å²) in [6.07, 6.45) is 6.90. The van der Waals surface area contributed by atoms with Gasteiger partial charge in [-0.1, -0.05) is 35.4 Å². The van der Waals surface area contributed by atoms with Crippen LogP contribution in [0.25, 0.3) is 0 Å². The van der Waals surface area contributed by atoms with Crippen LogP contribution in [0.15, 0.2) is 53.6 Å². The van der Waals surface area contributed by atoms with Crippen LogP contribution in [0.5, 0.6) is 17.2 Å².